The Bertz CT molecular complexity index is 873. The third-order valence-corrected chi connectivity index (χ3v) is 9.72. The van der Waals surface area contributed by atoms with Crippen LogP contribution in [0.25, 0.3) is 0 Å². The maximum absolute atomic E-state index is 6.02. The second kappa shape index (κ2) is 15.7. The first-order chi connectivity index (χ1) is 18.1. The fourth-order valence-corrected chi connectivity index (χ4v) is 7.89. The molecule has 1 aliphatic carbocycles. The summed E-state index contributed by atoms with van der Waals surface area (Å²) in [7, 11) is 0. The van der Waals surface area contributed by atoms with Crippen LogP contribution in [-0.2, 0) is 6.42 Å². The van der Waals surface area contributed by atoms with Gasteiger partial charge in [0.15, 0.2) is 0 Å². The second-order valence-corrected chi connectivity index (χ2v) is 12.3. The van der Waals surface area contributed by atoms with Crippen LogP contribution in [0.4, 0.5) is 0 Å². The average Bonchev–Trinajstić information content (AvgIpc) is 3.31. The standard InChI is InChI=1S/C36H57N/c1-6-9-18-27(4)34-26-30-22-14-15-24-31(30)36(34)33(23-10-7-2)32(17-8-3)35(28(5)19-16-25-37)29-20-12-11-13-21-29/h11-15,20-22,24,27-28,32-36H,6-10,16-19,23,25-26,37H2,1-5H3. The largest absolute Gasteiger partial charge is 0.330 e. The van der Waals surface area contributed by atoms with Crippen LogP contribution < -0.4 is 5.73 Å². The maximum atomic E-state index is 6.02. The number of hydrogen-bond donors (Lipinski definition) is 1. The van der Waals surface area contributed by atoms with E-state index in [1.54, 1.807) is 16.7 Å². The third-order valence-electron chi connectivity index (χ3n) is 9.72. The van der Waals surface area contributed by atoms with Gasteiger partial charge in [0, 0.05) is 0 Å². The minimum absolute atomic E-state index is 0.605. The van der Waals surface area contributed by atoms with E-state index in [2.05, 4.69) is 89.2 Å². The van der Waals surface area contributed by atoms with Gasteiger partial charge in [-0.3, -0.25) is 0 Å². The topological polar surface area (TPSA) is 26.0 Å². The number of benzene rings is 2. The van der Waals surface area contributed by atoms with E-state index in [9.17, 15) is 0 Å². The lowest BCUT2D eigenvalue weighted by molar-refractivity contribution is 0.129. The van der Waals surface area contributed by atoms with Crippen LogP contribution in [0.3, 0.4) is 0 Å². The molecule has 0 aromatic heterocycles. The highest BCUT2D eigenvalue weighted by Crippen LogP contribution is 2.54. The van der Waals surface area contributed by atoms with Crippen molar-refractivity contribution in [2.75, 3.05) is 6.54 Å². The number of nitrogens with two attached hydrogens (primary N) is 1. The van der Waals surface area contributed by atoms with E-state index in [1.807, 2.05) is 0 Å². The molecule has 0 fully saturated rings. The molecular weight excluding hydrogens is 446 g/mol. The van der Waals surface area contributed by atoms with E-state index >= 15 is 0 Å². The summed E-state index contributed by atoms with van der Waals surface area (Å²) in [6, 6.07) is 21.1. The molecule has 1 aliphatic rings. The van der Waals surface area contributed by atoms with Gasteiger partial charge in [-0.25, -0.2) is 0 Å². The first-order valence-electron chi connectivity index (χ1n) is 15.9. The molecule has 0 radical (unpaired) electrons. The molecule has 37 heavy (non-hydrogen) atoms. The zero-order valence-electron chi connectivity index (χ0n) is 24.8. The van der Waals surface area contributed by atoms with Gasteiger partial charge in [-0.15, -0.1) is 0 Å². The Morgan fingerprint density at radius 1 is 0.757 bits per heavy atom. The molecule has 3 rings (SSSR count). The molecule has 2 N–H and O–H groups in total. The quantitative estimate of drug-likeness (QED) is 0.228. The minimum atomic E-state index is 0.605. The Labute approximate surface area is 230 Å². The van der Waals surface area contributed by atoms with Crippen LogP contribution in [-0.4, -0.2) is 6.54 Å². The van der Waals surface area contributed by atoms with Gasteiger partial charge in [-0.2, -0.15) is 0 Å². The lowest BCUT2D eigenvalue weighted by atomic mass is 9.61. The Hall–Kier alpha value is -1.60. The summed E-state index contributed by atoms with van der Waals surface area (Å²) in [5, 5.41) is 0. The Morgan fingerprint density at radius 2 is 1.43 bits per heavy atom. The Kier molecular flexibility index (Phi) is 12.7. The van der Waals surface area contributed by atoms with Crippen LogP contribution in [0.15, 0.2) is 54.6 Å². The van der Waals surface area contributed by atoms with Gasteiger partial charge in [-0.1, -0.05) is 128 Å². The summed E-state index contributed by atoms with van der Waals surface area (Å²) in [6.07, 6.45) is 14.3. The number of fused-ring (bicyclic) bond motifs is 1. The van der Waals surface area contributed by atoms with Gasteiger partial charge in [-0.05, 0) is 96.8 Å². The zero-order chi connectivity index (χ0) is 26.6. The smallest absolute Gasteiger partial charge is 0.00772 e. The van der Waals surface area contributed by atoms with Gasteiger partial charge < -0.3 is 5.73 Å². The molecule has 0 spiro atoms. The number of rotatable bonds is 17. The van der Waals surface area contributed by atoms with Crippen molar-refractivity contribution in [2.45, 2.75) is 117 Å². The van der Waals surface area contributed by atoms with Crippen molar-refractivity contribution in [1.29, 1.82) is 0 Å². The molecule has 7 atom stereocenters. The molecular formula is C36H57N. The van der Waals surface area contributed by atoms with Crippen LogP contribution in [0.2, 0.25) is 0 Å². The first-order valence-corrected chi connectivity index (χ1v) is 15.9. The Balaban J connectivity index is 2.10. The second-order valence-electron chi connectivity index (χ2n) is 12.3. The molecule has 0 aliphatic heterocycles. The van der Waals surface area contributed by atoms with Gasteiger partial charge in [0.1, 0.15) is 0 Å². The maximum Gasteiger partial charge on any atom is -0.00772 e. The molecule has 1 heteroatoms. The van der Waals surface area contributed by atoms with Crippen molar-refractivity contribution in [3.63, 3.8) is 0 Å². The summed E-state index contributed by atoms with van der Waals surface area (Å²) < 4.78 is 0. The highest BCUT2D eigenvalue weighted by Gasteiger charge is 2.44. The summed E-state index contributed by atoms with van der Waals surface area (Å²) >= 11 is 0. The molecule has 2 aromatic carbocycles. The average molecular weight is 504 g/mol. The monoisotopic (exact) mass is 503 g/mol. The molecule has 0 saturated heterocycles. The van der Waals surface area contributed by atoms with E-state index in [1.165, 1.54) is 64.2 Å². The van der Waals surface area contributed by atoms with Crippen LogP contribution in [0.1, 0.15) is 127 Å². The van der Waals surface area contributed by atoms with Crippen LogP contribution >= 0.6 is 0 Å². The fraction of sp³-hybridized carbons (Fsp3) is 0.667. The first kappa shape index (κ1) is 29.9. The lowest BCUT2D eigenvalue weighted by Gasteiger charge is -2.43. The zero-order valence-corrected chi connectivity index (χ0v) is 24.8. The summed E-state index contributed by atoms with van der Waals surface area (Å²) in [5.74, 6) is 4.97. The molecule has 2 aromatic rings. The van der Waals surface area contributed by atoms with Crippen molar-refractivity contribution in [1.82, 2.24) is 0 Å². The Morgan fingerprint density at radius 3 is 2.11 bits per heavy atom. The fourth-order valence-electron chi connectivity index (χ4n) is 7.89. The molecule has 0 saturated carbocycles. The van der Waals surface area contributed by atoms with Crippen molar-refractivity contribution in [2.24, 2.45) is 35.3 Å². The third kappa shape index (κ3) is 7.72. The molecule has 0 amide bonds. The van der Waals surface area contributed by atoms with E-state index in [0.29, 0.717) is 23.7 Å². The molecule has 0 bridgehead atoms. The van der Waals surface area contributed by atoms with Crippen molar-refractivity contribution < 1.29 is 0 Å². The van der Waals surface area contributed by atoms with Gasteiger partial charge in [0.25, 0.3) is 0 Å². The van der Waals surface area contributed by atoms with Crippen molar-refractivity contribution >= 4 is 0 Å². The predicted octanol–water partition coefficient (Wildman–Crippen LogP) is 10.2. The normalized spacial score (nSPS) is 21.2. The van der Waals surface area contributed by atoms with Gasteiger partial charge in [0.2, 0.25) is 0 Å². The minimum Gasteiger partial charge on any atom is -0.330 e. The predicted molar refractivity (Wildman–Crippen MR) is 163 cm³/mol. The molecule has 7 unspecified atom stereocenters. The summed E-state index contributed by atoms with van der Waals surface area (Å²) in [5.41, 5.74) is 10.9. The van der Waals surface area contributed by atoms with Crippen LogP contribution in [0, 0.1) is 29.6 Å². The van der Waals surface area contributed by atoms with E-state index in [4.69, 9.17) is 5.73 Å². The van der Waals surface area contributed by atoms with E-state index in [0.717, 1.165) is 30.7 Å². The summed E-state index contributed by atoms with van der Waals surface area (Å²) in [4.78, 5) is 0. The van der Waals surface area contributed by atoms with Crippen LogP contribution in [0.5, 0.6) is 0 Å². The lowest BCUT2D eigenvalue weighted by Crippen LogP contribution is -2.34. The SMILES string of the molecule is CCCCC(C)C1Cc2ccccc2C1C(CCCC)C(CCC)C(c1ccccc1)C(C)CCCN. The van der Waals surface area contributed by atoms with Gasteiger partial charge in [0.05, 0.1) is 0 Å². The van der Waals surface area contributed by atoms with Gasteiger partial charge >= 0.3 is 0 Å². The van der Waals surface area contributed by atoms with E-state index in [-0.39, 0.29) is 0 Å². The highest BCUT2D eigenvalue weighted by atomic mass is 14.5. The number of hydrogen-bond acceptors (Lipinski definition) is 1. The highest BCUT2D eigenvalue weighted by molar-refractivity contribution is 5.38. The molecule has 206 valence electrons. The van der Waals surface area contributed by atoms with E-state index < -0.39 is 0 Å². The number of unbranched alkanes of at least 4 members (excludes halogenated alkanes) is 2. The molecule has 1 nitrogen and oxygen atoms in total. The molecule has 0 heterocycles. The summed E-state index contributed by atoms with van der Waals surface area (Å²) in [6.45, 7) is 13.0. The van der Waals surface area contributed by atoms with Crippen molar-refractivity contribution in [3.05, 3.63) is 71.3 Å². The van der Waals surface area contributed by atoms with Crippen molar-refractivity contribution in [3.8, 4) is 0 Å².